The topological polar surface area (TPSA) is 63.8 Å². The quantitative estimate of drug-likeness (QED) is 0.802. The molecule has 0 fully saturated rings. The number of pyridine rings is 1. The number of aromatic carboxylic acids is 1. The van der Waals surface area contributed by atoms with Gasteiger partial charge in [-0.05, 0) is 30.7 Å². The van der Waals surface area contributed by atoms with E-state index in [0.717, 1.165) is 0 Å². The zero-order valence-corrected chi connectivity index (χ0v) is 11.1. The van der Waals surface area contributed by atoms with E-state index < -0.39 is 11.8 Å². The van der Waals surface area contributed by atoms with Crippen LogP contribution in [0.3, 0.4) is 0 Å². The predicted molar refractivity (Wildman–Crippen MR) is 73.4 cm³/mol. The number of carboxylic acids is 1. The molecular formula is C15H11FN2O3. The molecule has 2 heterocycles. The highest BCUT2D eigenvalue weighted by Gasteiger charge is 2.20. The van der Waals surface area contributed by atoms with Gasteiger partial charge in [0.15, 0.2) is 5.69 Å². The van der Waals surface area contributed by atoms with Crippen LogP contribution in [0.2, 0.25) is 0 Å². The molecule has 0 saturated carbocycles. The molecule has 0 atom stereocenters. The minimum absolute atomic E-state index is 0.0723. The summed E-state index contributed by atoms with van der Waals surface area (Å²) in [5.41, 5.74) is 0.819. The molecule has 3 aromatic rings. The van der Waals surface area contributed by atoms with Gasteiger partial charge in [0.1, 0.15) is 17.2 Å². The molecule has 21 heavy (non-hydrogen) atoms. The first-order valence-corrected chi connectivity index (χ1v) is 6.20. The third-order valence-corrected chi connectivity index (χ3v) is 3.06. The molecule has 6 heteroatoms. The molecule has 0 radical (unpaired) electrons. The molecule has 0 aliphatic carbocycles. The highest BCUT2D eigenvalue weighted by Crippen LogP contribution is 2.27. The van der Waals surface area contributed by atoms with Crippen molar-refractivity contribution < 1.29 is 19.0 Å². The van der Waals surface area contributed by atoms with E-state index in [-0.39, 0.29) is 17.3 Å². The van der Waals surface area contributed by atoms with Gasteiger partial charge in [-0.15, -0.1) is 0 Å². The lowest BCUT2D eigenvalue weighted by Gasteiger charge is -2.05. The van der Waals surface area contributed by atoms with E-state index in [1.807, 2.05) is 0 Å². The van der Waals surface area contributed by atoms with E-state index in [4.69, 9.17) is 4.74 Å². The maximum atomic E-state index is 13.5. The Morgan fingerprint density at radius 2 is 2.14 bits per heavy atom. The van der Waals surface area contributed by atoms with Crippen LogP contribution in [0.4, 0.5) is 4.39 Å². The first-order valence-electron chi connectivity index (χ1n) is 6.20. The van der Waals surface area contributed by atoms with Crippen molar-refractivity contribution in [3.05, 3.63) is 59.7 Å². The number of aryl methyl sites for hydroxylation is 1. The molecular weight excluding hydrogens is 275 g/mol. The summed E-state index contributed by atoms with van der Waals surface area (Å²) >= 11 is 0. The van der Waals surface area contributed by atoms with E-state index in [0.29, 0.717) is 11.2 Å². The molecule has 0 aliphatic heterocycles. The number of fused-ring (bicyclic) bond motifs is 1. The van der Waals surface area contributed by atoms with Crippen LogP contribution in [0, 0.1) is 12.7 Å². The van der Waals surface area contributed by atoms with Gasteiger partial charge in [-0.2, -0.15) is 4.98 Å². The molecule has 0 aliphatic rings. The number of ether oxygens (including phenoxy) is 1. The van der Waals surface area contributed by atoms with Gasteiger partial charge >= 0.3 is 5.97 Å². The molecule has 0 spiro atoms. The van der Waals surface area contributed by atoms with Crippen LogP contribution in [-0.2, 0) is 0 Å². The number of hydrogen-bond donors (Lipinski definition) is 1. The SMILES string of the molecule is Cc1ccc(Oc2nc3ccccn3c2C(=O)O)cc1F. The summed E-state index contributed by atoms with van der Waals surface area (Å²) in [5, 5.41) is 9.31. The van der Waals surface area contributed by atoms with Crippen LogP contribution in [0.1, 0.15) is 16.1 Å². The van der Waals surface area contributed by atoms with E-state index in [9.17, 15) is 14.3 Å². The molecule has 3 rings (SSSR count). The maximum absolute atomic E-state index is 13.5. The summed E-state index contributed by atoms with van der Waals surface area (Å²) in [6.07, 6.45) is 1.58. The largest absolute Gasteiger partial charge is 0.476 e. The number of halogens is 1. The minimum atomic E-state index is -1.17. The normalized spacial score (nSPS) is 10.8. The van der Waals surface area contributed by atoms with Gasteiger partial charge in [0.2, 0.25) is 0 Å². The van der Waals surface area contributed by atoms with E-state index in [1.54, 1.807) is 43.5 Å². The first kappa shape index (κ1) is 13.1. The van der Waals surface area contributed by atoms with E-state index in [2.05, 4.69) is 4.98 Å². The lowest BCUT2D eigenvalue weighted by Crippen LogP contribution is -2.03. The van der Waals surface area contributed by atoms with Crippen LogP contribution >= 0.6 is 0 Å². The maximum Gasteiger partial charge on any atom is 0.358 e. The van der Waals surface area contributed by atoms with Gasteiger partial charge < -0.3 is 9.84 Å². The molecule has 1 N–H and O–H groups in total. The average Bonchev–Trinajstić information content (AvgIpc) is 2.80. The summed E-state index contributed by atoms with van der Waals surface area (Å²) in [6.45, 7) is 1.63. The number of aromatic nitrogens is 2. The molecule has 106 valence electrons. The van der Waals surface area contributed by atoms with Crippen LogP contribution in [0.25, 0.3) is 5.65 Å². The van der Waals surface area contributed by atoms with Gasteiger partial charge in [0.25, 0.3) is 5.88 Å². The summed E-state index contributed by atoms with van der Waals surface area (Å²) in [6, 6.07) is 9.41. The van der Waals surface area contributed by atoms with Gasteiger partial charge in [-0.25, -0.2) is 9.18 Å². The monoisotopic (exact) mass is 286 g/mol. The van der Waals surface area contributed by atoms with Gasteiger partial charge in [-0.3, -0.25) is 4.40 Å². The highest BCUT2D eigenvalue weighted by molar-refractivity contribution is 5.89. The van der Waals surface area contributed by atoms with Crippen molar-refractivity contribution in [1.82, 2.24) is 9.38 Å². The fourth-order valence-electron chi connectivity index (χ4n) is 1.99. The zero-order valence-electron chi connectivity index (χ0n) is 11.1. The first-order chi connectivity index (χ1) is 10.1. The molecule has 0 bridgehead atoms. The summed E-state index contributed by atoms with van der Waals surface area (Å²) in [7, 11) is 0. The number of nitrogens with zero attached hydrogens (tertiary/aromatic N) is 2. The molecule has 0 amide bonds. The molecule has 1 aromatic carbocycles. The van der Waals surface area contributed by atoms with Gasteiger partial charge in [-0.1, -0.05) is 12.1 Å². The number of carboxylic acid groups (broad SMARTS) is 1. The van der Waals surface area contributed by atoms with Crippen molar-refractivity contribution in [2.75, 3.05) is 0 Å². The van der Waals surface area contributed by atoms with Crippen molar-refractivity contribution in [1.29, 1.82) is 0 Å². The summed E-state index contributed by atoms with van der Waals surface area (Å²) < 4.78 is 20.4. The van der Waals surface area contributed by atoms with Crippen molar-refractivity contribution in [3.63, 3.8) is 0 Å². The van der Waals surface area contributed by atoms with Crippen molar-refractivity contribution >= 4 is 11.6 Å². The molecule has 2 aromatic heterocycles. The lowest BCUT2D eigenvalue weighted by atomic mass is 10.2. The average molecular weight is 286 g/mol. The van der Waals surface area contributed by atoms with Crippen LogP contribution in [-0.4, -0.2) is 20.5 Å². The Morgan fingerprint density at radius 3 is 2.86 bits per heavy atom. The second-order valence-corrected chi connectivity index (χ2v) is 4.51. The zero-order chi connectivity index (χ0) is 15.0. The number of benzene rings is 1. The van der Waals surface area contributed by atoms with Crippen molar-refractivity contribution in [2.45, 2.75) is 6.92 Å². The van der Waals surface area contributed by atoms with Crippen LogP contribution < -0.4 is 4.74 Å². The Bertz CT molecular complexity index is 842. The van der Waals surface area contributed by atoms with Crippen molar-refractivity contribution in [3.8, 4) is 11.6 Å². The summed E-state index contributed by atoms with van der Waals surface area (Å²) in [5.74, 6) is -1.47. The smallest absolute Gasteiger partial charge is 0.358 e. The fourth-order valence-corrected chi connectivity index (χ4v) is 1.99. The Hall–Kier alpha value is -2.89. The van der Waals surface area contributed by atoms with E-state index >= 15 is 0 Å². The van der Waals surface area contributed by atoms with Gasteiger partial charge in [0, 0.05) is 12.3 Å². The minimum Gasteiger partial charge on any atom is -0.476 e. The Kier molecular flexibility index (Phi) is 3.06. The Balaban J connectivity index is 2.09. The number of hydrogen-bond acceptors (Lipinski definition) is 3. The third kappa shape index (κ3) is 2.31. The molecule has 0 saturated heterocycles. The number of imidazole rings is 1. The highest BCUT2D eigenvalue weighted by atomic mass is 19.1. The fraction of sp³-hybridized carbons (Fsp3) is 0.0667. The lowest BCUT2D eigenvalue weighted by molar-refractivity contribution is 0.0686. The van der Waals surface area contributed by atoms with Crippen LogP contribution in [0.15, 0.2) is 42.6 Å². The van der Waals surface area contributed by atoms with E-state index in [1.165, 1.54) is 10.5 Å². The number of carbonyl (C=O) groups is 1. The third-order valence-electron chi connectivity index (χ3n) is 3.06. The molecule has 5 nitrogen and oxygen atoms in total. The van der Waals surface area contributed by atoms with Gasteiger partial charge in [0.05, 0.1) is 0 Å². The summed E-state index contributed by atoms with van der Waals surface area (Å²) in [4.78, 5) is 15.5. The second kappa shape index (κ2) is 4.90. The standard InChI is InChI=1S/C15H11FN2O3/c1-9-5-6-10(8-11(9)16)21-14-13(15(19)20)18-7-3-2-4-12(18)17-14/h2-8H,1H3,(H,19,20). The Morgan fingerprint density at radius 1 is 1.33 bits per heavy atom. The Labute approximate surface area is 119 Å². The number of rotatable bonds is 3. The predicted octanol–water partition coefficient (Wildman–Crippen LogP) is 3.27. The second-order valence-electron chi connectivity index (χ2n) is 4.51. The molecule has 0 unspecified atom stereocenters. The van der Waals surface area contributed by atoms with Crippen LogP contribution in [0.5, 0.6) is 11.6 Å². The van der Waals surface area contributed by atoms with Crippen molar-refractivity contribution in [2.24, 2.45) is 0 Å².